The topological polar surface area (TPSA) is 63.2 Å². The van der Waals surface area contributed by atoms with Crippen LogP contribution in [0.15, 0.2) is 59.2 Å². The molecule has 1 aromatic carbocycles. The molecule has 1 saturated heterocycles. The summed E-state index contributed by atoms with van der Waals surface area (Å²) in [5, 5.41) is -0.00440. The zero-order chi connectivity index (χ0) is 30.3. The summed E-state index contributed by atoms with van der Waals surface area (Å²) in [5.74, 6) is 0.502. The van der Waals surface area contributed by atoms with Gasteiger partial charge in [0.05, 0.1) is 25.2 Å². The number of rotatable bonds is 14. The van der Waals surface area contributed by atoms with Gasteiger partial charge in [0.15, 0.2) is 14.6 Å². The number of carbonyl (C=O) groups excluding carboxylic acids is 1. The van der Waals surface area contributed by atoms with E-state index in [0.29, 0.717) is 12.8 Å². The number of benzene rings is 1. The zero-order valence-corrected chi connectivity index (χ0v) is 28.9. The summed E-state index contributed by atoms with van der Waals surface area (Å²) < 4.78 is 32.8. The van der Waals surface area contributed by atoms with Crippen molar-refractivity contribution in [3.8, 4) is 5.75 Å². The summed E-state index contributed by atoms with van der Waals surface area (Å²) in [5.41, 5.74) is 1.27. The molecule has 1 aliphatic heterocycles. The lowest BCUT2D eigenvalue weighted by Crippen LogP contribution is -2.45. The van der Waals surface area contributed by atoms with Gasteiger partial charge >= 0.3 is 5.97 Å². The fourth-order valence-electron chi connectivity index (χ4n) is 4.45. The van der Waals surface area contributed by atoms with Crippen LogP contribution >= 0.6 is 22.6 Å². The standard InChI is InChI=1S/C32H49IO6Si/c1-12-22(3)29(23(4)21-33)37-28(34)20-26(39-40(10,11)31(5,6)7)18-19-32(8)27(13-2)36-30(38-32)24-14-16-25(35-9)17-15-24/h12-17,21-22,26-27,29-30H,1-2,18-20H2,3-11H3/b23-21+/t22-,26?,27-,29+,30?,32+/m0/s1. The Morgan fingerprint density at radius 3 is 2.35 bits per heavy atom. The molecule has 40 heavy (non-hydrogen) atoms. The van der Waals surface area contributed by atoms with E-state index in [4.69, 9.17) is 23.4 Å². The van der Waals surface area contributed by atoms with Gasteiger partial charge in [-0.3, -0.25) is 4.79 Å². The van der Waals surface area contributed by atoms with Gasteiger partial charge in [0.2, 0.25) is 0 Å². The summed E-state index contributed by atoms with van der Waals surface area (Å²) in [4.78, 5) is 13.3. The minimum atomic E-state index is -2.17. The van der Waals surface area contributed by atoms with Crippen LogP contribution < -0.4 is 4.74 Å². The van der Waals surface area contributed by atoms with Gasteiger partial charge in [0, 0.05) is 11.5 Å². The maximum Gasteiger partial charge on any atom is 0.308 e. The van der Waals surface area contributed by atoms with E-state index in [1.54, 1.807) is 13.2 Å². The first-order valence-electron chi connectivity index (χ1n) is 14.0. The second-order valence-corrected chi connectivity index (χ2v) is 17.8. The fourth-order valence-corrected chi connectivity index (χ4v) is 6.19. The van der Waals surface area contributed by atoms with E-state index in [-0.39, 0.29) is 41.7 Å². The lowest BCUT2D eigenvalue weighted by atomic mass is 9.91. The lowest BCUT2D eigenvalue weighted by Gasteiger charge is -2.40. The molecule has 2 rings (SSSR count). The quantitative estimate of drug-likeness (QED) is 0.0846. The van der Waals surface area contributed by atoms with Crippen molar-refractivity contribution in [3.63, 3.8) is 0 Å². The van der Waals surface area contributed by atoms with Crippen LogP contribution in [0.25, 0.3) is 0 Å². The van der Waals surface area contributed by atoms with Gasteiger partial charge in [-0.25, -0.2) is 0 Å². The minimum Gasteiger partial charge on any atom is -0.497 e. The Hall–Kier alpha value is -1.46. The lowest BCUT2D eigenvalue weighted by molar-refractivity contribution is -0.151. The van der Waals surface area contributed by atoms with Crippen LogP contribution in [0.2, 0.25) is 18.1 Å². The van der Waals surface area contributed by atoms with Crippen LogP contribution in [-0.4, -0.2) is 45.3 Å². The Morgan fingerprint density at radius 1 is 1.23 bits per heavy atom. The molecule has 0 amide bonds. The molecule has 1 aromatic rings. The largest absolute Gasteiger partial charge is 0.497 e. The Labute approximate surface area is 256 Å². The first-order chi connectivity index (χ1) is 18.6. The summed E-state index contributed by atoms with van der Waals surface area (Å²) in [6.45, 7) is 24.9. The molecule has 1 heterocycles. The third-order valence-corrected chi connectivity index (χ3v) is 13.7. The number of hydrogen-bond donors (Lipinski definition) is 0. The van der Waals surface area contributed by atoms with Gasteiger partial charge in [-0.2, -0.15) is 0 Å². The maximum atomic E-state index is 13.3. The molecule has 0 aromatic heterocycles. The van der Waals surface area contributed by atoms with Gasteiger partial charge in [-0.05, 0) is 66.6 Å². The van der Waals surface area contributed by atoms with E-state index in [2.05, 4.69) is 69.6 Å². The van der Waals surface area contributed by atoms with Gasteiger partial charge in [-0.1, -0.05) is 74.6 Å². The molecular formula is C32H49IO6Si. The predicted octanol–water partition coefficient (Wildman–Crippen LogP) is 8.69. The van der Waals surface area contributed by atoms with Crippen molar-refractivity contribution in [1.82, 2.24) is 0 Å². The van der Waals surface area contributed by atoms with Crippen LogP contribution in [0.1, 0.15) is 72.7 Å². The average molecular weight is 685 g/mol. The van der Waals surface area contributed by atoms with E-state index < -0.39 is 20.2 Å². The van der Waals surface area contributed by atoms with Crippen molar-refractivity contribution in [2.75, 3.05) is 7.11 Å². The highest BCUT2D eigenvalue weighted by atomic mass is 127. The number of hydrogen-bond acceptors (Lipinski definition) is 6. The summed E-state index contributed by atoms with van der Waals surface area (Å²) >= 11 is 2.18. The molecule has 224 valence electrons. The third kappa shape index (κ3) is 9.02. The number of carbonyl (C=O) groups is 1. The number of esters is 1. The van der Waals surface area contributed by atoms with Crippen molar-refractivity contribution >= 4 is 36.9 Å². The highest BCUT2D eigenvalue weighted by Gasteiger charge is 2.46. The predicted molar refractivity (Wildman–Crippen MR) is 173 cm³/mol. The second-order valence-electron chi connectivity index (χ2n) is 12.4. The van der Waals surface area contributed by atoms with Crippen molar-refractivity contribution in [1.29, 1.82) is 0 Å². The molecule has 0 saturated carbocycles. The molecule has 2 unspecified atom stereocenters. The Kier molecular flexibility index (Phi) is 12.7. The fraction of sp³-hybridized carbons (Fsp3) is 0.594. The molecule has 0 bridgehead atoms. The van der Waals surface area contributed by atoms with Crippen LogP contribution in [0.3, 0.4) is 0 Å². The maximum absolute atomic E-state index is 13.3. The molecule has 0 radical (unpaired) electrons. The van der Waals surface area contributed by atoms with Crippen molar-refractivity contribution in [3.05, 3.63) is 64.8 Å². The molecule has 8 heteroatoms. The number of halogens is 1. The van der Waals surface area contributed by atoms with Gasteiger partial charge in [0.25, 0.3) is 0 Å². The van der Waals surface area contributed by atoms with Crippen molar-refractivity contribution in [2.24, 2.45) is 5.92 Å². The average Bonchev–Trinajstić information content (AvgIpc) is 3.25. The first kappa shape index (κ1) is 34.7. The van der Waals surface area contributed by atoms with E-state index in [9.17, 15) is 4.79 Å². The van der Waals surface area contributed by atoms with E-state index >= 15 is 0 Å². The van der Waals surface area contributed by atoms with Crippen LogP contribution in [0.4, 0.5) is 0 Å². The van der Waals surface area contributed by atoms with Crippen LogP contribution in [0, 0.1) is 5.92 Å². The molecule has 0 spiro atoms. The Balaban J connectivity index is 2.23. The van der Waals surface area contributed by atoms with Crippen LogP contribution in [-0.2, 0) is 23.4 Å². The number of ether oxygens (including phenoxy) is 4. The molecular weight excluding hydrogens is 635 g/mol. The van der Waals surface area contributed by atoms with Crippen LogP contribution in [0.5, 0.6) is 5.75 Å². The van der Waals surface area contributed by atoms with Gasteiger partial charge < -0.3 is 23.4 Å². The van der Waals surface area contributed by atoms with Crippen molar-refractivity contribution in [2.45, 2.75) is 109 Å². The van der Waals surface area contributed by atoms with Crippen molar-refractivity contribution < 1.29 is 28.2 Å². The third-order valence-electron chi connectivity index (χ3n) is 8.20. The molecule has 0 N–H and O–H groups in total. The summed E-state index contributed by atoms with van der Waals surface area (Å²) in [6.07, 6.45) is 3.52. The molecule has 6 nitrogen and oxygen atoms in total. The van der Waals surface area contributed by atoms with Gasteiger partial charge in [-0.15, -0.1) is 13.2 Å². The highest BCUT2D eigenvalue weighted by Crippen LogP contribution is 2.43. The summed E-state index contributed by atoms with van der Waals surface area (Å²) in [7, 11) is -0.534. The minimum absolute atomic E-state index is 0.000844. The Morgan fingerprint density at radius 2 is 1.85 bits per heavy atom. The van der Waals surface area contributed by atoms with Gasteiger partial charge in [0.1, 0.15) is 18.0 Å². The summed E-state index contributed by atoms with van der Waals surface area (Å²) in [6, 6.07) is 7.68. The van der Waals surface area contributed by atoms with E-state index in [0.717, 1.165) is 16.9 Å². The monoisotopic (exact) mass is 684 g/mol. The molecule has 1 fully saturated rings. The normalized spacial score (nSPS) is 24.2. The first-order valence-corrected chi connectivity index (χ1v) is 18.1. The second kappa shape index (κ2) is 14.6. The number of methoxy groups -OCH3 is 1. The zero-order valence-electron chi connectivity index (χ0n) is 25.8. The molecule has 1 aliphatic rings. The Bertz CT molecular complexity index is 1030. The smallest absolute Gasteiger partial charge is 0.308 e. The molecule has 6 atom stereocenters. The SMILES string of the molecule is C=C[C@@H]1OC(c2ccc(OC)cc2)O[C@]1(C)CCC(CC(=O)O[C@@H](/C(C)=C/I)[C@@H](C)C=C)O[Si](C)(C)C(C)(C)C. The van der Waals surface area contributed by atoms with E-state index in [1.807, 2.05) is 55.2 Å². The molecule has 0 aliphatic carbocycles. The highest BCUT2D eigenvalue weighted by molar-refractivity contribution is 14.1. The van der Waals surface area contributed by atoms with E-state index in [1.165, 1.54) is 0 Å².